The summed E-state index contributed by atoms with van der Waals surface area (Å²) in [6.45, 7) is 6.13. The number of hydrogen-bond donors (Lipinski definition) is 1. The summed E-state index contributed by atoms with van der Waals surface area (Å²) >= 11 is 0. The lowest BCUT2D eigenvalue weighted by Crippen LogP contribution is -2.05. The van der Waals surface area contributed by atoms with Crippen molar-refractivity contribution in [2.75, 3.05) is 0 Å². The van der Waals surface area contributed by atoms with Crippen molar-refractivity contribution in [1.29, 1.82) is 0 Å². The molecule has 2 nitrogen and oxygen atoms in total. The Morgan fingerprint density at radius 3 is 2.56 bits per heavy atom. The van der Waals surface area contributed by atoms with Crippen LogP contribution in [-0.4, -0.2) is 10.1 Å². The van der Waals surface area contributed by atoms with Crippen molar-refractivity contribution in [1.82, 2.24) is 4.98 Å². The van der Waals surface area contributed by atoms with Gasteiger partial charge in [0.05, 0.1) is 6.10 Å². The lowest BCUT2D eigenvalue weighted by atomic mass is 9.98. The highest BCUT2D eigenvalue weighted by Crippen LogP contribution is 2.21. The summed E-state index contributed by atoms with van der Waals surface area (Å²) in [4.78, 5) is 4.21. The van der Waals surface area contributed by atoms with E-state index in [1.807, 2.05) is 19.1 Å². The second-order valence-electron chi connectivity index (χ2n) is 4.82. The zero-order valence-electron chi connectivity index (χ0n) is 11.1. The molecule has 1 atom stereocenters. The second kappa shape index (κ2) is 5.32. The highest BCUT2D eigenvalue weighted by molar-refractivity contribution is 5.31. The summed E-state index contributed by atoms with van der Waals surface area (Å²) in [7, 11) is 0. The van der Waals surface area contributed by atoms with E-state index in [1.54, 1.807) is 6.20 Å². The smallest absolute Gasteiger partial charge is 0.0847 e. The molecule has 0 aliphatic rings. The third-order valence-electron chi connectivity index (χ3n) is 3.41. The molecule has 0 spiro atoms. The van der Waals surface area contributed by atoms with E-state index in [-0.39, 0.29) is 0 Å². The Kier molecular flexibility index (Phi) is 3.78. The normalized spacial score (nSPS) is 12.4. The van der Waals surface area contributed by atoms with Gasteiger partial charge >= 0.3 is 0 Å². The third-order valence-corrected chi connectivity index (χ3v) is 3.41. The van der Waals surface area contributed by atoms with E-state index in [4.69, 9.17) is 0 Å². The van der Waals surface area contributed by atoms with Gasteiger partial charge in [-0.15, -0.1) is 0 Å². The SMILES string of the molecule is Cc1ccc(CC(O)c2cccnc2C)cc1C. The number of aliphatic hydroxyl groups is 1. The number of benzene rings is 1. The van der Waals surface area contributed by atoms with Crippen molar-refractivity contribution < 1.29 is 5.11 Å². The zero-order valence-corrected chi connectivity index (χ0v) is 11.1. The molecule has 1 N–H and O–H groups in total. The molecule has 1 aromatic heterocycles. The summed E-state index contributed by atoms with van der Waals surface area (Å²) in [6, 6.07) is 10.1. The Labute approximate surface area is 108 Å². The van der Waals surface area contributed by atoms with E-state index in [0.717, 1.165) is 16.8 Å². The largest absolute Gasteiger partial charge is 0.388 e. The minimum absolute atomic E-state index is 0.485. The highest BCUT2D eigenvalue weighted by atomic mass is 16.3. The Hall–Kier alpha value is -1.67. The first-order chi connectivity index (χ1) is 8.58. The molecule has 1 heterocycles. The number of rotatable bonds is 3. The van der Waals surface area contributed by atoms with Crippen molar-refractivity contribution in [3.63, 3.8) is 0 Å². The molecule has 0 bridgehead atoms. The first kappa shape index (κ1) is 12.8. The van der Waals surface area contributed by atoms with Crippen LogP contribution in [0.3, 0.4) is 0 Å². The molecular weight excluding hydrogens is 222 g/mol. The molecule has 2 aromatic rings. The molecule has 0 saturated carbocycles. The van der Waals surface area contributed by atoms with Crippen LogP contribution in [0.5, 0.6) is 0 Å². The first-order valence-electron chi connectivity index (χ1n) is 6.23. The van der Waals surface area contributed by atoms with Gasteiger partial charge in [-0.2, -0.15) is 0 Å². The van der Waals surface area contributed by atoms with Gasteiger partial charge in [-0.1, -0.05) is 24.3 Å². The fraction of sp³-hybridized carbons (Fsp3) is 0.312. The highest BCUT2D eigenvalue weighted by Gasteiger charge is 2.11. The number of hydrogen-bond acceptors (Lipinski definition) is 2. The molecule has 2 rings (SSSR count). The third kappa shape index (κ3) is 2.77. The van der Waals surface area contributed by atoms with Gasteiger partial charge in [0.1, 0.15) is 0 Å². The van der Waals surface area contributed by atoms with E-state index in [2.05, 4.69) is 37.0 Å². The molecule has 2 heteroatoms. The zero-order chi connectivity index (χ0) is 13.1. The van der Waals surface area contributed by atoms with Gasteiger partial charge in [-0.3, -0.25) is 4.98 Å². The van der Waals surface area contributed by atoms with Crippen LogP contribution in [0.4, 0.5) is 0 Å². The van der Waals surface area contributed by atoms with E-state index >= 15 is 0 Å². The predicted octanol–water partition coefficient (Wildman–Crippen LogP) is 3.28. The minimum Gasteiger partial charge on any atom is -0.388 e. The topological polar surface area (TPSA) is 33.1 Å². The average molecular weight is 241 g/mol. The summed E-state index contributed by atoms with van der Waals surface area (Å²) in [5, 5.41) is 10.3. The Morgan fingerprint density at radius 2 is 1.89 bits per heavy atom. The number of nitrogens with zero attached hydrogens (tertiary/aromatic N) is 1. The molecule has 0 radical (unpaired) electrons. The number of aliphatic hydroxyl groups excluding tert-OH is 1. The van der Waals surface area contributed by atoms with Crippen LogP contribution >= 0.6 is 0 Å². The monoisotopic (exact) mass is 241 g/mol. The molecule has 0 aliphatic carbocycles. The van der Waals surface area contributed by atoms with Gasteiger partial charge in [0.25, 0.3) is 0 Å². The van der Waals surface area contributed by atoms with E-state index in [0.29, 0.717) is 6.42 Å². The Balaban J connectivity index is 2.19. The van der Waals surface area contributed by atoms with Crippen molar-refractivity contribution in [2.24, 2.45) is 0 Å². The molecule has 94 valence electrons. The van der Waals surface area contributed by atoms with Crippen LogP contribution in [0.2, 0.25) is 0 Å². The van der Waals surface area contributed by atoms with Crippen molar-refractivity contribution in [2.45, 2.75) is 33.3 Å². The van der Waals surface area contributed by atoms with Crippen molar-refractivity contribution in [3.05, 3.63) is 64.5 Å². The minimum atomic E-state index is -0.485. The Bertz CT molecular complexity index is 549. The summed E-state index contributed by atoms with van der Waals surface area (Å²) in [5.41, 5.74) is 5.52. The van der Waals surface area contributed by atoms with Gasteiger partial charge < -0.3 is 5.11 Å². The summed E-state index contributed by atoms with van der Waals surface area (Å²) in [5.74, 6) is 0. The molecule has 1 aromatic carbocycles. The van der Waals surface area contributed by atoms with Crippen LogP contribution in [0.1, 0.15) is 34.1 Å². The second-order valence-corrected chi connectivity index (χ2v) is 4.82. The maximum atomic E-state index is 10.3. The summed E-state index contributed by atoms with van der Waals surface area (Å²) < 4.78 is 0. The van der Waals surface area contributed by atoms with Crippen molar-refractivity contribution in [3.8, 4) is 0 Å². The number of aromatic nitrogens is 1. The fourth-order valence-electron chi connectivity index (χ4n) is 2.11. The standard InChI is InChI=1S/C16H19NO/c1-11-6-7-14(9-12(11)2)10-16(18)15-5-4-8-17-13(15)3/h4-9,16,18H,10H2,1-3H3. The number of aryl methyl sites for hydroxylation is 3. The van der Waals surface area contributed by atoms with E-state index in [1.165, 1.54) is 11.1 Å². The lowest BCUT2D eigenvalue weighted by molar-refractivity contribution is 0.177. The molecular formula is C16H19NO. The van der Waals surface area contributed by atoms with E-state index < -0.39 is 6.10 Å². The van der Waals surface area contributed by atoms with Gasteiger partial charge in [0, 0.05) is 23.9 Å². The molecule has 0 fully saturated rings. The van der Waals surface area contributed by atoms with Crippen LogP contribution in [0.15, 0.2) is 36.5 Å². The first-order valence-corrected chi connectivity index (χ1v) is 6.23. The maximum absolute atomic E-state index is 10.3. The van der Waals surface area contributed by atoms with Crippen LogP contribution in [0.25, 0.3) is 0 Å². The van der Waals surface area contributed by atoms with Gasteiger partial charge in [0.2, 0.25) is 0 Å². The van der Waals surface area contributed by atoms with E-state index in [9.17, 15) is 5.11 Å². The molecule has 18 heavy (non-hydrogen) atoms. The Morgan fingerprint density at radius 1 is 1.11 bits per heavy atom. The molecule has 0 amide bonds. The fourth-order valence-corrected chi connectivity index (χ4v) is 2.11. The van der Waals surface area contributed by atoms with Crippen molar-refractivity contribution >= 4 is 0 Å². The maximum Gasteiger partial charge on any atom is 0.0847 e. The number of pyridine rings is 1. The predicted molar refractivity (Wildman–Crippen MR) is 73.6 cm³/mol. The van der Waals surface area contributed by atoms with Gasteiger partial charge in [-0.05, 0) is 43.5 Å². The van der Waals surface area contributed by atoms with Gasteiger partial charge in [0.15, 0.2) is 0 Å². The molecule has 0 aliphatic heterocycles. The quantitative estimate of drug-likeness (QED) is 0.894. The van der Waals surface area contributed by atoms with Crippen LogP contribution < -0.4 is 0 Å². The van der Waals surface area contributed by atoms with Crippen LogP contribution in [0, 0.1) is 20.8 Å². The molecule has 0 saturated heterocycles. The lowest BCUT2D eigenvalue weighted by Gasteiger charge is -2.13. The molecule has 1 unspecified atom stereocenters. The van der Waals surface area contributed by atoms with Gasteiger partial charge in [-0.25, -0.2) is 0 Å². The average Bonchev–Trinajstić information content (AvgIpc) is 2.34. The summed E-state index contributed by atoms with van der Waals surface area (Å²) in [6.07, 6.45) is 1.90. The van der Waals surface area contributed by atoms with Crippen LogP contribution in [-0.2, 0) is 6.42 Å².